The molecule has 8 heteroatoms. The summed E-state index contributed by atoms with van der Waals surface area (Å²) in [4.78, 5) is 17.0. The maximum atomic E-state index is 12.6. The van der Waals surface area contributed by atoms with Crippen molar-refractivity contribution in [2.45, 2.75) is 6.61 Å². The maximum absolute atomic E-state index is 12.6. The van der Waals surface area contributed by atoms with Gasteiger partial charge in [-0.1, -0.05) is 11.6 Å². The summed E-state index contributed by atoms with van der Waals surface area (Å²) in [7, 11) is 5.98. The van der Waals surface area contributed by atoms with Gasteiger partial charge in [0.25, 0.3) is 0 Å². The first-order valence-electron chi connectivity index (χ1n) is 8.61. The van der Waals surface area contributed by atoms with Crippen LogP contribution in [0.25, 0.3) is 10.9 Å². The molecule has 7 nitrogen and oxygen atoms in total. The first-order valence-corrected chi connectivity index (χ1v) is 8.99. The topological polar surface area (TPSA) is 76.1 Å². The van der Waals surface area contributed by atoms with Gasteiger partial charge in [0, 0.05) is 17.0 Å². The van der Waals surface area contributed by atoms with Crippen LogP contribution in [0.15, 0.2) is 36.4 Å². The van der Waals surface area contributed by atoms with Crippen LogP contribution in [0.3, 0.4) is 0 Å². The van der Waals surface area contributed by atoms with Crippen LogP contribution in [0.5, 0.6) is 23.0 Å². The number of hydrogen-bond donors (Lipinski definition) is 0. The van der Waals surface area contributed by atoms with E-state index in [1.165, 1.54) is 21.3 Å². The number of pyridine rings is 1. The maximum Gasteiger partial charge on any atom is 0.342 e. The van der Waals surface area contributed by atoms with E-state index in [0.717, 1.165) is 5.39 Å². The van der Waals surface area contributed by atoms with Crippen molar-refractivity contribution in [2.75, 3.05) is 28.4 Å². The molecule has 0 N–H and O–H groups in total. The van der Waals surface area contributed by atoms with E-state index in [0.29, 0.717) is 28.3 Å². The van der Waals surface area contributed by atoms with Gasteiger partial charge in [-0.05, 0) is 30.3 Å². The lowest BCUT2D eigenvalue weighted by molar-refractivity contribution is 0.0468. The molecule has 0 saturated heterocycles. The number of carbonyl (C=O) groups excluding carboxylic acids is 1. The van der Waals surface area contributed by atoms with Gasteiger partial charge < -0.3 is 23.7 Å². The number of nitrogens with zero attached hydrogens (tertiary/aromatic N) is 1. The fourth-order valence-electron chi connectivity index (χ4n) is 2.88. The van der Waals surface area contributed by atoms with Crippen LogP contribution >= 0.6 is 11.6 Å². The minimum absolute atomic E-state index is 0.0515. The second-order valence-electron chi connectivity index (χ2n) is 5.95. The highest BCUT2D eigenvalue weighted by Gasteiger charge is 2.22. The van der Waals surface area contributed by atoms with Crippen molar-refractivity contribution in [3.05, 3.63) is 52.7 Å². The molecule has 0 fully saturated rings. The number of halogens is 1. The Morgan fingerprint density at radius 2 is 1.69 bits per heavy atom. The molecule has 0 aliphatic carbocycles. The average Bonchev–Trinajstić information content (AvgIpc) is 2.75. The van der Waals surface area contributed by atoms with Gasteiger partial charge in [0.1, 0.15) is 23.1 Å². The lowest BCUT2D eigenvalue weighted by atomic mass is 10.1. The number of aromatic nitrogens is 1. The Hall–Kier alpha value is -3.19. The van der Waals surface area contributed by atoms with Gasteiger partial charge in [-0.2, -0.15) is 0 Å². The number of benzene rings is 2. The molecule has 0 bridgehead atoms. The van der Waals surface area contributed by atoms with E-state index >= 15 is 0 Å². The third-order valence-corrected chi connectivity index (χ3v) is 4.66. The van der Waals surface area contributed by atoms with Crippen molar-refractivity contribution in [1.82, 2.24) is 4.98 Å². The summed E-state index contributed by atoms with van der Waals surface area (Å²) in [5.41, 5.74) is 1.47. The number of ether oxygens (including phenoxy) is 5. The Kier molecular flexibility index (Phi) is 6.29. The highest BCUT2D eigenvalue weighted by Crippen LogP contribution is 2.40. The zero-order chi connectivity index (χ0) is 21.0. The Balaban J connectivity index is 1.85. The van der Waals surface area contributed by atoms with E-state index in [1.807, 2.05) is 18.2 Å². The lowest BCUT2D eigenvalue weighted by Crippen LogP contribution is -2.09. The van der Waals surface area contributed by atoms with Crippen molar-refractivity contribution < 1.29 is 28.5 Å². The SMILES string of the molecule is COc1ccc2cc(COC(=O)c3ccc(OC)c(OC)c3OC)c(Cl)nc2c1. The Labute approximate surface area is 173 Å². The summed E-state index contributed by atoms with van der Waals surface area (Å²) in [5, 5.41) is 1.10. The largest absolute Gasteiger partial charge is 0.497 e. The molecule has 0 radical (unpaired) electrons. The fourth-order valence-corrected chi connectivity index (χ4v) is 3.08. The van der Waals surface area contributed by atoms with E-state index in [-0.39, 0.29) is 23.1 Å². The zero-order valence-electron chi connectivity index (χ0n) is 16.4. The fraction of sp³-hybridized carbons (Fsp3) is 0.238. The predicted octanol–water partition coefficient (Wildman–Crippen LogP) is 4.28. The molecule has 0 unspecified atom stereocenters. The van der Waals surface area contributed by atoms with Crippen LogP contribution in [-0.4, -0.2) is 39.4 Å². The summed E-state index contributed by atoms with van der Waals surface area (Å²) in [6, 6.07) is 10.4. The van der Waals surface area contributed by atoms with Crippen LogP contribution in [0.2, 0.25) is 5.15 Å². The summed E-state index contributed by atoms with van der Waals surface area (Å²) in [6.45, 7) is -0.0515. The third-order valence-electron chi connectivity index (χ3n) is 4.33. The van der Waals surface area contributed by atoms with Gasteiger partial charge in [0.2, 0.25) is 5.75 Å². The standard InChI is InChI=1S/C21H20ClNO6/c1-25-14-6-5-12-9-13(20(22)23-16(12)10-14)11-29-21(24)15-7-8-17(26-2)19(28-4)18(15)27-3/h5-10H,11H2,1-4H3. The van der Waals surface area contributed by atoms with Crippen molar-refractivity contribution in [2.24, 2.45) is 0 Å². The van der Waals surface area contributed by atoms with Gasteiger partial charge in [0.05, 0.1) is 34.0 Å². The predicted molar refractivity (Wildman–Crippen MR) is 109 cm³/mol. The van der Waals surface area contributed by atoms with Gasteiger partial charge in [-0.25, -0.2) is 9.78 Å². The molecular formula is C21H20ClNO6. The van der Waals surface area contributed by atoms with E-state index in [4.69, 9.17) is 35.3 Å². The Bertz CT molecular complexity index is 1050. The number of esters is 1. The van der Waals surface area contributed by atoms with Crippen LogP contribution in [0.1, 0.15) is 15.9 Å². The van der Waals surface area contributed by atoms with Crippen LogP contribution in [0.4, 0.5) is 0 Å². The molecule has 3 rings (SSSR count). The number of methoxy groups -OCH3 is 4. The highest BCUT2D eigenvalue weighted by molar-refractivity contribution is 6.30. The smallest absolute Gasteiger partial charge is 0.342 e. The number of rotatable bonds is 7. The van der Waals surface area contributed by atoms with E-state index in [1.54, 1.807) is 25.3 Å². The number of fused-ring (bicyclic) bond motifs is 1. The summed E-state index contributed by atoms with van der Waals surface area (Å²) in [5.74, 6) is 1.07. The van der Waals surface area contributed by atoms with Crippen LogP contribution in [0, 0.1) is 0 Å². The van der Waals surface area contributed by atoms with Crippen molar-refractivity contribution in [3.63, 3.8) is 0 Å². The van der Waals surface area contributed by atoms with Gasteiger partial charge >= 0.3 is 5.97 Å². The molecule has 0 spiro atoms. The number of carbonyl (C=O) groups is 1. The van der Waals surface area contributed by atoms with Crippen molar-refractivity contribution in [3.8, 4) is 23.0 Å². The summed E-state index contributed by atoms with van der Waals surface area (Å²) in [6.07, 6.45) is 0. The monoisotopic (exact) mass is 417 g/mol. The lowest BCUT2D eigenvalue weighted by Gasteiger charge is -2.15. The quantitative estimate of drug-likeness (QED) is 0.419. The molecule has 29 heavy (non-hydrogen) atoms. The Morgan fingerprint density at radius 3 is 2.34 bits per heavy atom. The number of hydrogen-bond acceptors (Lipinski definition) is 7. The first kappa shape index (κ1) is 20.5. The van der Waals surface area contributed by atoms with Crippen LogP contribution in [-0.2, 0) is 11.3 Å². The molecule has 3 aromatic rings. The summed E-state index contributed by atoms with van der Waals surface area (Å²) < 4.78 is 26.5. The normalized spacial score (nSPS) is 10.5. The molecule has 152 valence electrons. The molecule has 0 aliphatic rings. The molecule has 0 atom stereocenters. The Morgan fingerprint density at radius 1 is 0.931 bits per heavy atom. The third kappa shape index (κ3) is 4.14. The zero-order valence-corrected chi connectivity index (χ0v) is 17.2. The molecule has 2 aromatic carbocycles. The molecule has 0 amide bonds. The minimum Gasteiger partial charge on any atom is -0.497 e. The minimum atomic E-state index is -0.589. The van der Waals surface area contributed by atoms with E-state index in [2.05, 4.69) is 4.98 Å². The van der Waals surface area contributed by atoms with Gasteiger partial charge in [-0.15, -0.1) is 0 Å². The highest BCUT2D eigenvalue weighted by atomic mass is 35.5. The van der Waals surface area contributed by atoms with Crippen LogP contribution < -0.4 is 18.9 Å². The summed E-state index contributed by atoms with van der Waals surface area (Å²) >= 11 is 6.27. The first-order chi connectivity index (χ1) is 14.0. The molecular weight excluding hydrogens is 398 g/mol. The second kappa shape index (κ2) is 8.87. The van der Waals surface area contributed by atoms with Crippen molar-refractivity contribution in [1.29, 1.82) is 0 Å². The second-order valence-corrected chi connectivity index (χ2v) is 6.31. The molecule has 1 aromatic heterocycles. The average molecular weight is 418 g/mol. The molecule has 0 aliphatic heterocycles. The van der Waals surface area contributed by atoms with Gasteiger partial charge in [-0.3, -0.25) is 0 Å². The molecule has 1 heterocycles. The van der Waals surface area contributed by atoms with E-state index in [9.17, 15) is 4.79 Å². The van der Waals surface area contributed by atoms with E-state index < -0.39 is 5.97 Å². The molecule has 0 saturated carbocycles. The van der Waals surface area contributed by atoms with Gasteiger partial charge in [0.15, 0.2) is 11.5 Å². The van der Waals surface area contributed by atoms with Crippen molar-refractivity contribution >= 4 is 28.5 Å².